The van der Waals surface area contributed by atoms with E-state index in [1.807, 2.05) is 36.3 Å². The molecule has 0 radical (unpaired) electrons. The molecule has 0 unspecified atom stereocenters. The first-order chi connectivity index (χ1) is 9.49. The van der Waals surface area contributed by atoms with Crippen molar-refractivity contribution in [2.45, 2.75) is 31.3 Å². The molecule has 0 saturated heterocycles. The van der Waals surface area contributed by atoms with Crippen molar-refractivity contribution in [2.24, 2.45) is 0 Å². The van der Waals surface area contributed by atoms with Gasteiger partial charge < -0.3 is 4.90 Å². The molecule has 1 amide bonds. The molecule has 2 aromatic rings. The lowest BCUT2D eigenvalue weighted by atomic mass is 10.1. The van der Waals surface area contributed by atoms with E-state index in [4.69, 9.17) is 11.6 Å². The van der Waals surface area contributed by atoms with E-state index in [-0.39, 0.29) is 11.9 Å². The fraction of sp³-hybridized carbons (Fsp3) is 0.267. The van der Waals surface area contributed by atoms with Crippen molar-refractivity contribution in [1.29, 1.82) is 0 Å². The molecule has 1 aromatic carbocycles. The molecule has 1 aromatic heterocycles. The Bertz CT molecular complexity index is 596. The first kappa shape index (κ1) is 15.4. The van der Waals surface area contributed by atoms with Crippen molar-refractivity contribution in [3.05, 3.63) is 51.2 Å². The average Bonchev–Trinajstić information content (AvgIpc) is 2.90. The zero-order valence-corrected chi connectivity index (χ0v) is 13.8. The molecule has 20 heavy (non-hydrogen) atoms. The van der Waals surface area contributed by atoms with Crippen LogP contribution in [0.2, 0.25) is 5.02 Å². The number of nitrogens with zero attached hydrogens (tertiary/aromatic N) is 1. The Balaban J connectivity index is 2.29. The van der Waals surface area contributed by atoms with Gasteiger partial charge in [0.25, 0.3) is 5.91 Å². The number of rotatable bonds is 4. The molecule has 0 spiro atoms. The molecule has 5 heteroatoms. The van der Waals surface area contributed by atoms with Gasteiger partial charge in [-0.3, -0.25) is 4.79 Å². The molecule has 0 saturated carbocycles. The van der Waals surface area contributed by atoms with E-state index in [1.54, 1.807) is 29.5 Å². The molecule has 106 valence electrons. The standard InChI is InChI=1S/C15H16ClNOS2/c1-10(2)17(9-12-4-3-7-20-12)15(18)13-8-11(19)5-6-14(13)16/h3-8,10,19H,9H2,1-2H3. The summed E-state index contributed by atoms with van der Waals surface area (Å²) in [6.45, 7) is 4.61. The highest BCUT2D eigenvalue weighted by molar-refractivity contribution is 7.80. The summed E-state index contributed by atoms with van der Waals surface area (Å²) in [4.78, 5) is 16.4. The van der Waals surface area contributed by atoms with Crippen LogP contribution in [0.15, 0.2) is 40.6 Å². The quantitative estimate of drug-likeness (QED) is 0.805. The van der Waals surface area contributed by atoms with Gasteiger partial charge in [-0.2, -0.15) is 0 Å². The second-order valence-electron chi connectivity index (χ2n) is 4.77. The summed E-state index contributed by atoms with van der Waals surface area (Å²) < 4.78 is 0. The molecule has 2 rings (SSSR count). The molecule has 0 bridgehead atoms. The van der Waals surface area contributed by atoms with Crippen molar-refractivity contribution in [3.8, 4) is 0 Å². The Labute approximate surface area is 133 Å². The normalized spacial score (nSPS) is 10.8. The van der Waals surface area contributed by atoms with Gasteiger partial charge in [0.1, 0.15) is 0 Å². The largest absolute Gasteiger partial charge is 0.331 e. The third kappa shape index (κ3) is 3.57. The predicted octanol–water partition coefficient (Wildman–Crippen LogP) is 4.74. The highest BCUT2D eigenvalue weighted by Crippen LogP contribution is 2.23. The van der Waals surface area contributed by atoms with Gasteiger partial charge in [-0.15, -0.1) is 24.0 Å². The second kappa shape index (κ2) is 6.66. The predicted molar refractivity (Wildman–Crippen MR) is 88.0 cm³/mol. The molecular formula is C15H16ClNOS2. The van der Waals surface area contributed by atoms with E-state index in [1.165, 1.54) is 0 Å². The minimum atomic E-state index is -0.0608. The summed E-state index contributed by atoms with van der Waals surface area (Å²) in [5, 5.41) is 2.48. The summed E-state index contributed by atoms with van der Waals surface area (Å²) in [6, 6.07) is 9.33. The van der Waals surface area contributed by atoms with Gasteiger partial charge in [-0.05, 0) is 43.5 Å². The third-order valence-electron chi connectivity index (χ3n) is 2.97. The van der Waals surface area contributed by atoms with E-state index in [0.717, 1.165) is 9.77 Å². The highest BCUT2D eigenvalue weighted by Gasteiger charge is 2.21. The monoisotopic (exact) mass is 325 g/mol. The molecule has 1 heterocycles. The number of thiophene rings is 1. The van der Waals surface area contributed by atoms with Crippen molar-refractivity contribution in [3.63, 3.8) is 0 Å². The number of benzene rings is 1. The molecular weight excluding hydrogens is 310 g/mol. The Kier molecular flexibility index (Phi) is 5.13. The molecule has 0 aliphatic rings. The van der Waals surface area contributed by atoms with Crippen molar-refractivity contribution in [1.82, 2.24) is 4.90 Å². The molecule has 0 N–H and O–H groups in total. The van der Waals surface area contributed by atoms with Gasteiger partial charge in [0, 0.05) is 15.8 Å². The lowest BCUT2D eigenvalue weighted by molar-refractivity contribution is 0.0692. The van der Waals surface area contributed by atoms with Gasteiger partial charge in [-0.25, -0.2) is 0 Å². The second-order valence-corrected chi connectivity index (χ2v) is 6.73. The van der Waals surface area contributed by atoms with Gasteiger partial charge in [-0.1, -0.05) is 17.7 Å². The van der Waals surface area contributed by atoms with Crippen LogP contribution in [-0.4, -0.2) is 16.8 Å². The highest BCUT2D eigenvalue weighted by atomic mass is 35.5. The maximum absolute atomic E-state index is 12.7. The number of hydrogen-bond acceptors (Lipinski definition) is 3. The first-order valence-electron chi connectivity index (χ1n) is 6.31. The van der Waals surface area contributed by atoms with Gasteiger partial charge in [0.15, 0.2) is 0 Å². The van der Waals surface area contributed by atoms with Crippen LogP contribution in [0, 0.1) is 0 Å². The van der Waals surface area contributed by atoms with E-state index in [9.17, 15) is 4.79 Å². The van der Waals surface area contributed by atoms with Crippen molar-refractivity contribution in [2.75, 3.05) is 0 Å². The van der Waals surface area contributed by atoms with Crippen molar-refractivity contribution < 1.29 is 4.79 Å². The molecule has 0 fully saturated rings. The summed E-state index contributed by atoms with van der Waals surface area (Å²) in [5.41, 5.74) is 0.504. The van der Waals surface area contributed by atoms with Gasteiger partial charge in [0.05, 0.1) is 17.1 Å². The van der Waals surface area contributed by atoms with Gasteiger partial charge >= 0.3 is 0 Å². The Morgan fingerprint density at radius 2 is 2.15 bits per heavy atom. The topological polar surface area (TPSA) is 20.3 Å². The maximum atomic E-state index is 12.7. The van der Waals surface area contributed by atoms with Crippen LogP contribution in [0.3, 0.4) is 0 Å². The third-order valence-corrected chi connectivity index (χ3v) is 4.44. The fourth-order valence-electron chi connectivity index (χ4n) is 1.89. The maximum Gasteiger partial charge on any atom is 0.255 e. The zero-order chi connectivity index (χ0) is 14.7. The lowest BCUT2D eigenvalue weighted by Gasteiger charge is -2.26. The molecule has 2 nitrogen and oxygen atoms in total. The number of amides is 1. The Morgan fingerprint density at radius 3 is 2.75 bits per heavy atom. The number of carbonyl (C=O) groups is 1. The SMILES string of the molecule is CC(C)N(Cc1cccs1)C(=O)c1cc(S)ccc1Cl. The fourth-order valence-corrected chi connectivity index (χ4v) is 3.00. The number of thiol groups is 1. The molecule has 0 atom stereocenters. The summed E-state index contributed by atoms with van der Waals surface area (Å²) in [6.07, 6.45) is 0. The molecule has 0 aliphatic heterocycles. The van der Waals surface area contributed by atoms with Gasteiger partial charge in [0.2, 0.25) is 0 Å². The summed E-state index contributed by atoms with van der Waals surface area (Å²) >= 11 is 12.1. The Morgan fingerprint density at radius 1 is 1.40 bits per heavy atom. The van der Waals surface area contributed by atoms with Crippen LogP contribution in [-0.2, 0) is 6.54 Å². The van der Waals surface area contributed by atoms with Crippen molar-refractivity contribution >= 4 is 41.5 Å². The molecule has 0 aliphatic carbocycles. The van der Waals surface area contributed by atoms with E-state index in [0.29, 0.717) is 17.1 Å². The smallest absolute Gasteiger partial charge is 0.255 e. The van der Waals surface area contributed by atoms with E-state index < -0.39 is 0 Å². The van der Waals surface area contributed by atoms with Crippen LogP contribution >= 0.6 is 35.6 Å². The minimum Gasteiger partial charge on any atom is -0.331 e. The number of hydrogen-bond donors (Lipinski definition) is 1. The van der Waals surface area contributed by atoms with Crippen LogP contribution < -0.4 is 0 Å². The van der Waals surface area contributed by atoms with Crippen LogP contribution in [0.5, 0.6) is 0 Å². The van der Waals surface area contributed by atoms with E-state index in [2.05, 4.69) is 12.6 Å². The van der Waals surface area contributed by atoms with Crippen LogP contribution in [0.1, 0.15) is 29.1 Å². The zero-order valence-electron chi connectivity index (χ0n) is 11.3. The van der Waals surface area contributed by atoms with Crippen LogP contribution in [0.4, 0.5) is 0 Å². The average molecular weight is 326 g/mol. The first-order valence-corrected chi connectivity index (χ1v) is 8.01. The summed E-state index contributed by atoms with van der Waals surface area (Å²) in [5.74, 6) is -0.0608. The lowest BCUT2D eigenvalue weighted by Crippen LogP contribution is -2.36. The van der Waals surface area contributed by atoms with Crippen LogP contribution in [0.25, 0.3) is 0 Å². The summed E-state index contributed by atoms with van der Waals surface area (Å²) in [7, 11) is 0. The Hall–Kier alpha value is -0.970. The minimum absolute atomic E-state index is 0.0608. The number of halogens is 1. The number of carbonyl (C=O) groups excluding carboxylic acids is 1. The van der Waals surface area contributed by atoms with E-state index >= 15 is 0 Å².